The van der Waals surface area contributed by atoms with E-state index < -0.39 is 0 Å². The lowest BCUT2D eigenvalue weighted by Gasteiger charge is -2.37. The van der Waals surface area contributed by atoms with Gasteiger partial charge >= 0.3 is 0 Å². The molecule has 1 fully saturated rings. The second-order valence-corrected chi connectivity index (χ2v) is 6.04. The van der Waals surface area contributed by atoms with Gasteiger partial charge in [-0.15, -0.1) is 0 Å². The summed E-state index contributed by atoms with van der Waals surface area (Å²) >= 11 is 0. The number of hydrogen-bond acceptors (Lipinski definition) is 5. The Morgan fingerprint density at radius 3 is 2.75 bits per heavy atom. The van der Waals surface area contributed by atoms with Crippen LogP contribution in [0.25, 0.3) is 0 Å². The van der Waals surface area contributed by atoms with Crippen molar-refractivity contribution in [2.24, 2.45) is 5.92 Å². The largest absolute Gasteiger partial charge is 0.497 e. The topological polar surface area (TPSA) is 64.8 Å². The van der Waals surface area contributed by atoms with Crippen molar-refractivity contribution in [2.75, 3.05) is 27.3 Å². The molecule has 2 atom stereocenters. The van der Waals surface area contributed by atoms with Gasteiger partial charge in [-0.3, -0.25) is 4.79 Å². The van der Waals surface area contributed by atoms with E-state index in [0.717, 1.165) is 18.6 Å². The Kier molecular flexibility index (Phi) is 5.15. The summed E-state index contributed by atoms with van der Waals surface area (Å²) in [5.74, 6) is 1.06. The smallest absolute Gasteiger partial charge is 0.258 e. The Morgan fingerprint density at radius 1 is 1.33 bits per heavy atom. The number of likely N-dealkylation sites (tertiary alicyclic amines) is 1. The van der Waals surface area contributed by atoms with E-state index in [1.807, 2.05) is 17.0 Å². The number of carbonyl (C=O) groups excluding carboxylic acids is 1. The third-order valence-electron chi connectivity index (χ3n) is 4.59. The summed E-state index contributed by atoms with van der Waals surface area (Å²) in [6.07, 6.45) is 4.69. The quantitative estimate of drug-likeness (QED) is 0.842. The van der Waals surface area contributed by atoms with Crippen LogP contribution in [0.15, 0.2) is 41.2 Å². The minimum atomic E-state index is -0.0365. The monoisotopic (exact) mass is 330 g/mol. The second-order valence-electron chi connectivity index (χ2n) is 6.04. The van der Waals surface area contributed by atoms with Crippen molar-refractivity contribution in [2.45, 2.75) is 18.9 Å². The number of piperidine rings is 1. The maximum atomic E-state index is 12.5. The minimum Gasteiger partial charge on any atom is -0.497 e. The molecule has 0 bridgehead atoms. The maximum absolute atomic E-state index is 12.5. The van der Waals surface area contributed by atoms with Crippen molar-refractivity contribution in [1.82, 2.24) is 10.1 Å². The molecule has 3 rings (SSSR count). The van der Waals surface area contributed by atoms with Crippen molar-refractivity contribution in [1.29, 1.82) is 0 Å². The van der Waals surface area contributed by atoms with E-state index >= 15 is 0 Å². The van der Waals surface area contributed by atoms with Gasteiger partial charge in [-0.2, -0.15) is 0 Å². The molecule has 1 aliphatic heterocycles. The van der Waals surface area contributed by atoms with Crippen molar-refractivity contribution in [3.05, 3.63) is 47.9 Å². The van der Waals surface area contributed by atoms with Gasteiger partial charge in [0, 0.05) is 26.1 Å². The molecule has 6 heteroatoms. The zero-order chi connectivity index (χ0) is 16.9. The van der Waals surface area contributed by atoms with E-state index in [-0.39, 0.29) is 17.9 Å². The third kappa shape index (κ3) is 3.59. The highest BCUT2D eigenvalue weighted by molar-refractivity contribution is 5.93. The number of carbonyl (C=O) groups is 1. The standard InChI is InChI=1S/C18H22N2O4/c1-22-16-5-3-13(4-6-16)9-14-11-20(8-7-17(14)23-2)18(21)15-10-19-24-12-15/h3-6,10,12,14,17H,7-9,11H2,1-2H3/t14-,17-/m0/s1. The van der Waals surface area contributed by atoms with Crippen LogP contribution in [0.5, 0.6) is 5.75 Å². The van der Waals surface area contributed by atoms with Gasteiger partial charge in [-0.05, 0) is 30.5 Å². The van der Waals surface area contributed by atoms with Gasteiger partial charge in [0.1, 0.15) is 12.0 Å². The Bertz CT molecular complexity index is 654. The first-order valence-electron chi connectivity index (χ1n) is 8.05. The van der Waals surface area contributed by atoms with Gasteiger partial charge in [-0.1, -0.05) is 17.3 Å². The molecule has 0 spiro atoms. The number of aromatic nitrogens is 1. The van der Waals surface area contributed by atoms with Gasteiger partial charge in [0.05, 0.1) is 25.0 Å². The van der Waals surface area contributed by atoms with Crippen molar-refractivity contribution >= 4 is 5.91 Å². The predicted octanol–water partition coefficient (Wildman–Crippen LogP) is 2.40. The molecule has 1 saturated heterocycles. The Labute approximate surface area is 141 Å². The molecule has 1 amide bonds. The van der Waals surface area contributed by atoms with Crippen molar-refractivity contribution in [3.63, 3.8) is 0 Å². The van der Waals surface area contributed by atoms with Gasteiger partial charge < -0.3 is 18.9 Å². The molecule has 0 N–H and O–H groups in total. The van der Waals surface area contributed by atoms with Crippen molar-refractivity contribution < 1.29 is 18.8 Å². The number of hydrogen-bond donors (Lipinski definition) is 0. The molecule has 1 aromatic heterocycles. The Hall–Kier alpha value is -2.34. The van der Waals surface area contributed by atoms with Crippen LogP contribution in [0.3, 0.4) is 0 Å². The van der Waals surface area contributed by atoms with Gasteiger partial charge in [0.2, 0.25) is 0 Å². The molecule has 0 aliphatic carbocycles. The van der Waals surface area contributed by atoms with Gasteiger partial charge in [-0.25, -0.2) is 0 Å². The number of benzene rings is 1. The molecule has 128 valence electrons. The fraction of sp³-hybridized carbons (Fsp3) is 0.444. The molecule has 0 radical (unpaired) electrons. The van der Waals surface area contributed by atoms with Crippen LogP contribution in [-0.2, 0) is 11.2 Å². The van der Waals surface area contributed by atoms with E-state index in [0.29, 0.717) is 18.7 Å². The van der Waals surface area contributed by atoms with Crippen LogP contribution in [0.2, 0.25) is 0 Å². The number of nitrogens with zero attached hydrogens (tertiary/aromatic N) is 2. The van der Waals surface area contributed by atoms with Crippen molar-refractivity contribution in [3.8, 4) is 5.75 Å². The summed E-state index contributed by atoms with van der Waals surface area (Å²) in [6, 6.07) is 8.04. The lowest BCUT2D eigenvalue weighted by Crippen LogP contribution is -2.47. The molecular formula is C18H22N2O4. The van der Waals surface area contributed by atoms with Crippen LogP contribution in [0, 0.1) is 5.92 Å². The summed E-state index contributed by atoms with van der Waals surface area (Å²) in [7, 11) is 3.40. The van der Waals surface area contributed by atoms with E-state index in [1.165, 1.54) is 18.0 Å². The Morgan fingerprint density at radius 2 is 2.12 bits per heavy atom. The van der Waals surface area contributed by atoms with E-state index in [4.69, 9.17) is 14.0 Å². The highest BCUT2D eigenvalue weighted by Crippen LogP contribution is 2.25. The third-order valence-corrected chi connectivity index (χ3v) is 4.59. The van der Waals surface area contributed by atoms with E-state index in [1.54, 1.807) is 14.2 Å². The van der Waals surface area contributed by atoms with Crippen LogP contribution in [0.4, 0.5) is 0 Å². The van der Waals surface area contributed by atoms with Crippen LogP contribution in [-0.4, -0.2) is 49.4 Å². The van der Waals surface area contributed by atoms with E-state index in [9.17, 15) is 4.79 Å². The minimum absolute atomic E-state index is 0.0365. The molecule has 0 saturated carbocycles. The lowest BCUT2D eigenvalue weighted by molar-refractivity contribution is -0.00301. The number of amides is 1. The second kappa shape index (κ2) is 7.49. The van der Waals surface area contributed by atoms with Crippen LogP contribution >= 0.6 is 0 Å². The summed E-state index contributed by atoms with van der Waals surface area (Å²) in [4.78, 5) is 14.4. The predicted molar refractivity (Wildman–Crippen MR) is 88.0 cm³/mol. The molecule has 0 unspecified atom stereocenters. The zero-order valence-electron chi connectivity index (χ0n) is 14.0. The average molecular weight is 330 g/mol. The van der Waals surface area contributed by atoms with Gasteiger partial charge in [0.25, 0.3) is 5.91 Å². The number of methoxy groups -OCH3 is 2. The summed E-state index contributed by atoms with van der Waals surface area (Å²) in [5, 5.41) is 3.61. The molecule has 1 aliphatic rings. The molecule has 2 heterocycles. The summed E-state index contributed by atoms with van der Waals surface area (Å²) in [6.45, 7) is 1.34. The fourth-order valence-electron chi connectivity index (χ4n) is 3.26. The lowest BCUT2D eigenvalue weighted by atomic mass is 9.88. The SMILES string of the molecule is COc1ccc(C[C@H]2CN(C(=O)c3cnoc3)CC[C@@H]2OC)cc1. The fourth-order valence-corrected chi connectivity index (χ4v) is 3.26. The first-order chi connectivity index (χ1) is 11.7. The number of rotatable bonds is 5. The molecule has 24 heavy (non-hydrogen) atoms. The first-order valence-corrected chi connectivity index (χ1v) is 8.05. The van der Waals surface area contributed by atoms with Gasteiger partial charge in [0.15, 0.2) is 0 Å². The highest BCUT2D eigenvalue weighted by atomic mass is 16.5. The molecular weight excluding hydrogens is 308 g/mol. The maximum Gasteiger partial charge on any atom is 0.258 e. The highest BCUT2D eigenvalue weighted by Gasteiger charge is 2.32. The summed E-state index contributed by atoms with van der Waals surface area (Å²) < 4.78 is 15.6. The normalized spacial score (nSPS) is 20.8. The molecule has 1 aromatic carbocycles. The zero-order valence-corrected chi connectivity index (χ0v) is 14.0. The Balaban J connectivity index is 1.69. The summed E-state index contributed by atoms with van der Waals surface area (Å²) in [5.41, 5.74) is 1.70. The van der Waals surface area contributed by atoms with Crippen LogP contribution < -0.4 is 4.74 Å². The number of ether oxygens (including phenoxy) is 2. The first kappa shape index (κ1) is 16.5. The molecule has 2 aromatic rings. The van der Waals surface area contributed by atoms with Crippen LogP contribution in [0.1, 0.15) is 22.3 Å². The molecule has 6 nitrogen and oxygen atoms in total. The average Bonchev–Trinajstić information content (AvgIpc) is 3.16. The van der Waals surface area contributed by atoms with E-state index in [2.05, 4.69) is 17.3 Å².